The van der Waals surface area contributed by atoms with Crippen molar-refractivity contribution in [3.05, 3.63) is 0 Å². The molecule has 0 radical (unpaired) electrons. The van der Waals surface area contributed by atoms with Crippen molar-refractivity contribution in [1.82, 2.24) is 4.90 Å². The highest BCUT2D eigenvalue weighted by atomic mass is 19.4. The van der Waals surface area contributed by atoms with Gasteiger partial charge in [-0.1, -0.05) is 0 Å². The van der Waals surface area contributed by atoms with Gasteiger partial charge in [0.05, 0.1) is 6.61 Å². The van der Waals surface area contributed by atoms with Crippen molar-refractivity contribution < 1.29 is 17.7 Å². The van der Waals surface area contributed by atoms with E-state index in [4.69, 9.17) is 4.74 Å². The van der Waals surface area contributed by atoms with Crippen LogP contribution in [0, 0.1) is 5.92 Å². The highest BCUT2D eigenvalue weighted by molar-refractivity contribution is 6.58. The zero-order valence-electron chi connectivity index (χ0n) is 8.39. The molecule has 0 aromatic carbocycles. The summed E-state index contributed by atoms with van der Waals surface area (Å²) < 4.78 is 41.4. The standard InChI is InChI=1S/C8H16BF3NO/c1-13(7-9(10,11)12)5-8-3-2-4-14-6-8/h8H,2-7H2,1H3/q-1. The Labute approximate surface area is 82.5 Å². The van der Waals surface area contributed by atoms with E-state index >= 15 is 0 Å². The molecule has 2 nitrogen and oxygen atoms in total. The maximum atomic E-state index is 12.0. The van der Waals surface area contributed by atoms with Crippen LogP contribution in [-0.4, -0.2) is 45.1 Å². The Bertz CT molecular complexity index is 170. The molecule has 6 heteroatoms. The molecule has 84 valence electrons. The SMILES string of the molecule is CN(CC1CCCOC1)C[B-](F)(F)F. The van der Waals surface area contributed by atoms with Crippen molar-refractivity contribution in [2.24, 2.45) is 5.92 Å². The van der Waals surface area contributed by atoms with Crippen LogP contribution in [0.4, 0.5) is 12.9 Å². The maximum Gasteiger partial charge on any atom is 0.492 e. The van der Waals surface area contributed by atoms with Gasteiger partial charge in [0.25, 0.3) is 0 Å². The predicted octanol–water partition coefficient (Wildman–Crippen LogP) is 1.73. The molecule has 14 heavy (non-hydrogen) atoms. The van der Waals surface area contributed by atoms with Crippen molar-refractivity contribution in [2.75, 3.05) is 33.3 Å². The monoisotopic (exact) mass is 210 g/mol. The molecular formula is C8H16BF3NO-. The molecule has 0 amide bonds. The molecule has 0 aromatic heterocycles. The van der Waals surface area contributed by atoms with Crippen molar-refractivity contribution in [1.29, 1.82) is 0 Å². The van der Waals surface area contributed by atoms with Gasteiger partial charge in [-0.3, -0.25) is 0 Å². The van der Waals surface area contributed by atoms with Gasteiger partial charge in [-0.2, -0.15) is 0 Å². The van der Waals surface area contributed by atoms with Gasteiger partial charge in [0, 0.05) is 6.61 Å². The minimum atomic E-state index is -4.69. The second-order valence-electron chi connectivity index (χ2n) is 4.01. The molecule has 0 aromatic rings. The summed E-state index contributed by atoms with van der Waals surface area (Å²) in [6.45, 7) is -2.84. The average molecular weight is 210 g/mol. The average Bonchev–Trinajstić information content (AvgIpc) is 2.02. The highest BCUT2D eigenvalue weighted by Crippen LogP contribution is 2.16. The molecule has 0 spiro atoms. The smallest absolute Gasteiger partial charge is 0.448 e. The number of halogens is 3. The molecule has 1 fully saturated rings. The molecule has 1 saturated heterocycles. The molecule has 1 aliphatic rings. The van der Waals surface area contributed by atoms with E-state index in [1.807, 2.05) is 0 Å². The summed E-state index contributed by atoms with van der Waals surface area (Å²) >= 11 is 0. The van der Waals surface area contributed by atoms with Crippen LogP contribution in [0.2, 0.25) is 0 Å². The fraction of sp³-hybridized carbons (Fsp3) is 1.00. The largest absolute Gasteiger partial charge is 0.492 e. The third-order valence-electron chi connectivity index (χ3n) is 2.34. The summed E-state index contributed by atoms with van der Waals surface area (Å²) in [5.74, 6) is 0.270. The first-order valence-electron chi connectivity index (χ1n) is 4.94. The first-order valence-corrected chi connectivity index (χ1v) is 4.94. The van der Waals surface area contributed by atoms with E-state index in [0.29, 0.717) is 13.2 Å². The quantitative estimate of drug-likeness (QED) is 0.655. The Morgan fingerprint density at radius 2 is 2.14 bits per heavy atom. The van der Waals surface area contributed by atoms with Gasteiger partial charge in [0.2, 0.25) is 0 Å². The van der Waals surface area contributed by atoms with E-state index in [0.717, 1.165) is 19.4 Å². The molecule has 0 N–H and O–H groups in total. The third-order valence-corrected chi connectivity index (χ3v) is 2.34. The van der Waals surface area contributed by atoms with Crippen LogP contribution < -0.4 is 0 Å². The van der Waals surface area contributed by atoms with E-state index < -0.39 is 13.4 Å². The van der Waals surface area contributed by atoms with Crippen molar-refractivity contribution in [3.63, 3.8) is 0 Å². The van der Waals surface area contributed by atoms with Gasteiger partial charge in [-0.25, -0.2) is 0 Å². The Morgan fingerprint density at radius 3 is 2.64 bits per heavy atom. The fourth-order valence-electron chi connectivity index (χ4n) is 1.82. The number of hydrogen-bond acceptors (Lipinski definition) is 2. The molecular weight excluding hydrogens is 194 g/mol. The summed E-state index contributed by atoms with van der Waals surface area (Å²) in [7, 11) is 1.52. The van der Waals surface area contributed by atoms with Gasteiger partial charge in [0.1, 0.15) is 0 Å². The van der Waals surface area contributed by atoms with Crippen LogP contribution >= 0.6 is 0 Å². The summed E-state index contributed by atoms with van der Waals surface area (Å²) in [6.07, 6.45) is 1.18. The zero-order valence-corrected chi connectivity index (χ0v) is 8.39. The molecule has 0 bridgehead atoms. The van der Waals surface area contributed by atoms with Crippen LogP contribution in [0.5, 0.6) is 0 Å². The fourth-order valence-corrected chi connectivity index (χ4v) is 1.82. The normalized spacial score (nSPS) is 24.2. The second-order valence-corrected chi connectivity index (χ2v) is 4.01. The third kappa shape index (κ3) is 4.86. The van der Waals surface area contributed by atoms with Crippen LogP contribution in [0.25, 0.3) is 0 Å². The van der Waals surface area contributed by atoms with E-state index in [9.17, 15) is 12.9 Å². The van der Waals surface area contributed by atoms with Crippen molar-refractivity contribution >= 4 is 6.98 Å². The van der Waals surface area contributed by atoms with E-state index in [-0.39, 0.29) is 5.92 Å². The Kier molecular flexibility index (Phi) is 4.25. The van der Waals surface area contributed by atoms with Crippen molar-refractivity contribution in [2.45, 2.75) is 12.8 Å². The summed E-state index contributed by atoms with van der Waals surface area (Å²) in [5.41, 5.74) is 0. The maximum absolute atomic E-state index is 12.0. The minimum absolute atomic E-state index is 0.270. The number of nitrogens with zero attached hydrogens (tertiary/aromatic N) is 1. The molecule has 1 atom stereocenters. The van der Waals surface area contributed by atoms with E-state index in [1.165, 1.54) is 11.9 Å². The topological polar surface area (TPSA) is 12.5 Å². The molecule has 1 rings (SSSR count). The number of ether oxygens (including phenoxy) is 1. The lowest BCUT2D eigenvalue weighted by Gasteiger charge is -2.29. The van der Waals surface area contributed by atoms with Crippen LogP contribution in [0.1, 0.15) is 12.8 Å². The lowest BCUT2D eigenvalue weighted by Crippen LogP contribution is -2.39. The zero-order chi connectivity index (χ0) is 10.6. The highest BCUT2D eigenvalue weighted by Gasteiger charge is 2.26. The Balaban J connectivity index is 2.21. The molecule has 1 heterocycles. The first-order chi connectivity index (χ1) is 6.47. The van der Waals surface area contributed by atoms with E-state index in [1.54, 1.807) is 0 Å². The molecule has 1 aliphatic heterocycles. The van der Waals surface area contributed by atoms with Crippen molar-refractivity contribution in [3.8, 4) is 0 Å². The minimum Gasteiger partial charge on any atom is -0.448 e. The predicted molar refractivity (Wildman–Crippen MR) is 50.1 cm³/mol. The summed E-state index contributed by atoms with van der Waals surface area (Å²) in [6, 6.07) is 0. The van der Waals surface area contributed by atoms with Gasteiger partial charge < -0.3 is 22.6 Å². The summed E-state index contributed by atoms with van der Waals surface area (Å²) in [4.78, 5) is 1.35. The lowest BCUT2D eigenvalue weighted by atomic mass is 9.90. The molecule has 0 aliphatic carbocycles. The van der Waals surface area contributed by atoms with Crippen LogP contribution in [-0.2, 0) is 4.74 Å². The number of rotatable bonds is 4. The Morgan fingerprint density at radius 1 is 1.43 bits per heavy atom. The Hall–Kier alpha value is -0.225. The molecule has 0 saturated carbocycles. The van der Waals surface area contributed by atoms with Gasteiger partial charge in [0.15, 0.2) is 0 Å². The van der Waals surface area contributed by atoms with Gasteiger partial charge in [-0.05, 0) is 38.8 Å². The summed E-state index contributed by atoms with van der Waals surface area (Å²) in [5, 5.41) is 0. The number of hydrogen-bond donors (Lipinski definition) is 0. The van der Waals surface area contributed by atoms with Crippen LogP contribution in [0.3, 0.4) is 0 Å². The van der Waals surface area contributed by atoms with Crippen LogP contribution in [0.15, 0.2) is 0 Å². The van der Waals surface area contributed by atoms with Gasteiger partial charge >= 0.3 is 6.98 Å². The lowest BCUT2D eigenvalue weighted by molar-refractivity contribution is 0.0431. The van der Waals surface area contributed by atoms with Gasteiger partial charge in [-0.15, -0.1) is 0 Å². The second kappa shape index (κ2) is 5.02. The van der Waals surface area contributed by atoms with E-state index in [2.05, 4.69) is 0 Å². The molecule has 1 unspecified atom stereocenters. The first kappa shape index (κ1) is 11.8.